The number of carbonyl (C=O) groups is 1. The Morgan fingerprint density at radius 3 is 2.68 bits per heavy atom. The van der Waals surface area contributed by atoms with Crippen LogP contribution in [0.5, 0.6) is 0 Å². The summed E-state index contributed by atoms with van der Waals surface area (Å²) in [5.41, 5.74) is 5.02. The highest BCUT2D eigenvalue weighted by Crippen LogP contribution is 2.24. The normalized spacial score (nSPS) is 12.1. The quantitative estimate of drug-likeness (QED) is 0.560. The van der Waals surface area contributed by atoms with Crippen LogP contribution in [0.1, 0.15) is 28.7 Å². The molecule has 28 heavy (non-hydrogen) atoms. The van der Waals surface area contributed by atoms with Crippen LogP contribution in [-0.2, 0) is 6.42 Å². The third kappa shape index (κ3) is 3.76. The molecular weight excluding hydrogens is 350 g/mol. The predicted octanol–water partition coefficient (Wildman–Crippen LogP) is 3.69. The molecule has 1 unspecified atom stereocenters. The molecule has 0 fully saturated rings. The van der Waals surface area contributed by atoms with E-state index in [4.69, 9.17) is 4.98 Å². The standard InChI is InChI=1S/C22H21N5O/c1-14(11-17-12-15(2)26-27-17)24-22(28)19-13-21(16-7-9-23-10-8-16)25-20-6-4-3-5-18(19)20/h3-10,12-14H,11H2,1-2H3,(H,24,28)(H,26,27). The topological polar surface area (TPSA) is 83.6 Å². The summed E-state index contributed by atoms with van der Waals surface area (Å²) in [5.74, 6) is -0.117. The predicted molar refractivity (Wildman–Crippen MR) is 109 cm³/mol. The molecule has 6 heteroatoms. The molecular formula is C22H21N5O. The van der Waals surface area contributed by atoms with E-state index < -0.39 is 0 Å². The van der Waals surface area contributed by atoms with Gasteiger partial charge in [-0.15, -0.1) is 0 Å². The second-order valence-corrected chi connectivity index (χ2v) is 6.93. The second kappa shape index (κ2) is 7.60. The molecule has 0 spiro atoms. The average Bonchev–Trinajstić information content (AvgIpc) is 3.12. The molecule has 0 aliphatic carbocycles. The smallest absolute Gasteiger partial charge is 0.252 e. The van der Waals surface area contributed by atoms with Crippen molar-refractivity contribution in [1.82, 2.24) is 25.5 Å². The maximum atomic E-state index is 13.1. The maximum Gasteiger partial charge on any atom is 0.252 e. The van der Waals surface area contributed by atoms with Crippen LogP contribution in [0.3, 0.4) is 0 Å². The van der Waals surface area contributed by atoms with Crippen LogP contribution in [0.25, 0.3) is 22.2 Å². The Morgan fingerprint density at radius 2 is 1.93 bits per heavy atom. The Hall–Kier alpha value is -3.54. The Morgan fingerprint density at radius 1 is 1.14 bits per heavy atom. The molecule has 1 aromatic carbocycles. The highest BCUT2D eigenvalue weighted by Gasteiger charge is 2.16. The summed E-state index contributed by atoms with van der Waals surface area (Å²) in [5, 5.41) is 11.1. The van der Waals surface area contributed by atoms with Gasteiger partial charge in [-0.3, -0.25) is 14.9 Å². The number of hydrogen-bond acceptors (Lipinski definition) is 4. The number of hydrogen-bond donors (Lipinski definition) is 2. The van der Waals surface area contributed by atoms with Gasteiger partial charge in [0.05, 0.1) is 22.5 Å². The lowest BCUT2D eigenvalue weighted by atomic mass is 10.0. The number of nitrogens with one attached hydrogen (secondary N) is 2. The monoisotopic (exact) mass is 371 g/mol. The summed E-state index contributed by atoms with van der Waals surface area (Å²) < 4.78 is 0. The highest BCUT2D eigenvalue weighted by molar-refractivity contribution is 6.07. The van der Waals surface area contributed by atoms with Crippen LogP contribution in [0.15, 0.2) is 60.9 Å². The molecule has 1 atom stereocenters. The zero-order valence-corrected chi connectivity index (χ0v) is 15.8. The Bertz CT molecular complexity index is 1120. The maximum absolute atomic E-state index is 13.1. The van der Waals surface area contributed by atoms with Crippen LogP contribution < -0.4 is 5.32 Å². The molecule has 0 radical (unpaired) electrons. The van der Waals surface area contributed by atoms with Crippen molar-refractivity contribution in [3.8, 4) is 11.3 Å². The number of fused-ring (bicyclic) bond motifs is 1. The Kier molecular flexibility index (Phi) is 4.85. The highest BCUT2D eigenvalue weighted by atomic mass is 16.1. The molecule has 3 aromatic heterocycles. The van der Waals surface area contributed by atoms with E-state index in [1.54, 1.807) is 12.4 Å². The first-order valence-electron chi connectivity index (χ1n) is 9.22. The Balaban J connectivity index is 1.65. The molecule has 4 rings (SSSR count). The zero-order chi connectivity index (χ0) is 19.5. The van der Waals surface area contributed by atoms with E-state index in [0.717, 1.165) is 33.5 Å². The number of rotatable bonds is 5. The van der Waals surface area contributed by atoms with Crippen molar-refractivity contribution in [2.75, 3.05) is 0 Å². The van der Waals surface area contributed by atoms with E-state index in [2.05, 4.69) is 20.5 Å². The van der Waals surface area contributed by atoms with Crippen molar-refractivity contribution >= 4 is 16.8 Å². The minimum absolute atomic E-state index is 0.0495. The summed E-state index contributed by atoms with van der Waals surface area (Å²) in [7, 11) is 0. The SMILES string of the molecule is Cc1cc(CC(C)NC(=O)c2cc(-c3ccncc3)nc3ccccc23)n[nH]1. The number of aryl methyl sites for hydroxylation is 1. The largest absolute Gasteiger partial charge is 0.349 e. The number of carbonyl (C=O) groups excluding carboxylic acids is 1. The minimum Gasteiger partial charge on any atom is -0.349 e. The minimum atomic E-state index is -0.117. The van der Waals surface area contributed by atoms with Gasteiger partial charge in [0, 0.05) is 41.5 Å². The van der Waals surface area contributed by atoms with Gasteiger partial charge in [-0.2, -0.15) is 5.10 Å². The molecule has 3 heterocycles. The first-order chi connectivity index (χ1) is 13.6. The van der Waals surface area contributed by atoms with Gasteiger partial charge < -0.3 is 5.32 Å². The number of H-pyrrole nitrogens is 1. The van der Waals surface area contributed by atoms with Crippen LogP contribution in [-0.4, -0.2) is 32.1 Å². The number of para-hydroxylation sites is 1. The van der Waals surface area contributed by atoms with E-state index >= 15 is 0 Å². The van der Waals surface area contributed by atoms with E-state index in [-0.39, 0.29) is 11.9 Å². The molecule has 1 amide bonds. The summed E-state index contributed by atoms with van der Waals surface area (Å²) in [6, 6.07) is 15.3. The van der Waals surface area contributed by atoms with Crippen molar-refractivity contribution in [1.29, 1.82) is 0 Å². The molecule has 0 bridgehead atoms. The summed E-state index contributed by atoms with van der Waals surface area (Å²) in [6.07, 6.45) is 4.11. The lowest BCUT2D eigenvalue weighted by molar-refractivity contribution is 0.0941. The fourth-order valence-electron chi connectivity index (χ4n) is 3.28. The summed E-state index contributed by atoms with van der Waals surface area (Å²) in [4.78, 5) is 21.8. The average molecular weight is 371 g/mol. The molecule has 0 saturated heterocycles. The van der Waals surface area contributed by atoms with Gasteiger partial charge in [0.15, 0.2) is 0 Å². The number of aromatic nitrogens is 4. The van der Waals surface area contributed by atoms with Gasteiger partial charge in [0.2, 0.25) is 0 Å². The third-order valence-electron chi connectivity index (χ3n) is 4.59. The molecule has 0 aliphatic heterocycles. The molecule has 0 aliphatic rings. The number of amides is 1. The molecule has 140 valence electrons. The summed E-state index contributed by atoms with van der Waals surface area (Å²) >= 11 is 0. The van der Waals surface area contributed by atoms with Crippen LogP contribution in [0.4, 0.5) is 0 Å². The van der Waals surface area contributed by atoms with Crippen molar-refractivity contribution in [2.45, 2.75) is 26.3 Å². The van der Waals surface area contributed by atoms with E-state index in [9.17, 15) is 4.79 Å². The lowest BCUT2D eigenvalue weighted by Crippen LogP contribution is -2.34. The Labute approximate surface area is 163 Å². The van der Waals surface area contributed by atoms with Crippen LogP contribution in [0, 0.1) is 6.92 Å². The fourth-order valence-corrected chi connectivity index (χ4v) is 3.28. The van der Waals surface area contributed by atoms with Gasteiger partial charge in [-0.05, 0) is 44.2 Å². The third-order valence-corrected chi connectivity index (χ3v) is 4.59. The van der Waals surface area contributed by atoms with Gasteiger partial charge in [0.1, 0.15) is 0 Å². The van der Waals surface area contributed by atoms with Crippen molar-refractivity contribution < 1.29 is 4.79 Å². The van der Waals surface area contributed by atoms with Gasteiger partial charge in [-0.25, -0.2) is 4.98 Å². The van der Waals surface area contributed by atoms with Crippen LogP contribution >= 0.6 is 0 Å². The number of benzene rings is 1. The van der Waals surface area contributed by atoms with Crippen LogP contribution in [0.2, 0.25) is 0 Å². The molecule has 2 N–H and O–H groups in total. The molecule has 4 aromatic rings. The van der Waals surface area contributed by atoms with Gasteiger partial charge >= 0.3 is 0 Å². The number of pyridine rings is 2. The van der Waals surface area contributed by atoms with E-state index in [1.807, 2.05) is 62.4 Å². The first kappa shape index (κ1) is 17.9. The number of aromatic amines is 1. The van der Waals surface area contributed by atoms with E-state index in [1.165, 1.54) is 0 Å². The summed E-state index contributed by atoms with van der Waals surface area (Å²) in [6.45, 7) is 3.94. The molecule has 6 nitrogen and oxygen atoms in total. The first-order valence-corrected chi connectivity index (χ1v) is 9.22. The van der Waals surface area contributed by atoms with E-state index in [0.29, 0.717) is 12.0 Å². The number of nitrogens with zero attached hydrogens (tertiary/aromatic N) is 3. The zero-order valence-electron chi connectivity index (χ0n) is 15.8. The lowest BCUT2D eigenvalue weighted by Gasteiger charge is -2.15. The van der Waals surface area contributed by atoms with Crippen molar-refractivity contribution in [3.05, 3.63) is 77.9 Å². The molecule has 0 saturated carbocycles. The van der Waals surface area contributed by atoms with Gasteiger partial charge in [-0.1, -0.05) is 18.2 Å². The fraction of sp³-hybridized carbons (Fsp3) is 0.182. The second-order valence-electron chi connectivity index (χ2n) is 6.93. The van der Waals surface area contributed by atoms with Crippen molar-refractivity contribution in [2.24, 2.45) is 0 Å². The van der Waals surface area contributed by atoms with Crippen molar-refractivity contribution in [3.63, 3.8) is 0 Å². The van der Waals surface area contributed by atoms with Gasteiger partial charge in [0.25, 0.3) is 5.91 Å².